The van der Waals surface area contributed by atoms with Crippen LogP contribution in [0.15, 0.2) is 67.3 Å². The molecule has 2 nitrogen and oxygen atoms in total. The highest BCUT2D eigenvalue weighted by molar-refractivity contribution is 5.86. The predicted octanol–water partition coefficient (Wildman–Crippen LogP) is 3.66. The van der Waals surface area contributed by atoms with Crippen molar-refractivity contribution >= 4 is 18.1 Å². The Kier molecular flexibility index (Phi) is 4.90. The minimum Gasteiger partial charge on any atom is -0.348 e. The summed E-state index contributed by atoms with van der Waals surface area (Å²) >= 11 is 0. The third-order valence-electron chi connectivity index (χ3n) is 2.90. The molecule has 2 rings (SSSR count). The topological polar surface area (TPSA) is 29.1 Å². The fourth-order valence-electron chi connectivity index (χ4n) is 1.76. The van der Waals surface area contributed by atoms with Gasteiger partial charge < -0.3 is 5.32 Å². The van der Waals surface area contributed by atoms with Crippen molar-refractivity contribution in [2.45, 2.75) is 6.54 Å². The average Bonchev–Trinajstić information content (AvgIpc) is 2.52. The first-order valence-electron chi connectivity index (χ1n) is 6.50. The van der Waals surface area contributed by atoms with E-state index in [1.165, 1.54) is 11.6 Å². The van der Waals surface area contributed by atoms with Gasteiger partial charge in [0.1, 0.15) is 0 Å². The highest BCUT2D eigenvalue weighted by Crippen LogP contribution is 2.09. The summed E-state index contributed by atoms with van der Waals surface area (Å²) in [4.78, 5) is 11.1. The second-order valence-electron chi connectivity index (χ2n) is 4.41. The van der Waals surface area contributed by atoms with Crippen LogP contribution in [0.2, 0.25) is 0 Å². The fourth-order valence-corrected chi connectivity index (χ4v) is 1.76. The van der Waals surface area contributed by atoms with E-state index in [0.29, 0.717) is 6.54 Å². The van der Waals surface area contributed by atoms with Crippen molar-refractivity contribution in [3.05, 3.63) is 83.9 Å². The molecule has 2 heteroatoms. The number of hydrogen-bond donors (Lipinski definition) is 1. The van der Waals surface area contributed by atoms with Crippen LogP contribution in [-0.2, 0) is 11.3 Å². The third-order valence-corrected chi connectivity index (χ3v) is 2.90. The number of carbonyl (C=O) groups is 1. The van der Waals surface area contributed by atoms with E-state index in [4.69, 9.17) is 0 Å². The molecule has 0 radical (unpaired) electrons. The predicted molar refractivity (Wildman–Crippen MR) is 83.9 cm³/mol. The lowest BCUT2D eigenvalue weighted by Gasteiger charge is -2.03. The SMILES string of the molecule is C=CC(=O)NCc1ccc(C=Cc2ccccc2)cc1. The number of nitrogens with one attached hydrogen (secondary N) is 1. The molecule has 0 bridgehead atoms. The molecule has 0 saturated carbocycles. The van der Waals surface area contributed by atoms with Gasteiger partial charge in [-0.05, 0) is 22.8 Å². The van der Waals surface area contributed by atoms with Crippen molar-refractivity contribution in [2.75, 3.05) is 0 Å². The Hall–Kier alpha value is -2.61. The number of carbonyl (C=O) groups excluding carboxylic acids is 1. The third kappa shape index (κ3) is 4.25. The Morgan fingerprint density at radius 2 is 1.55 bits per heavy atom. The molecule has 0 aliphatic carbocycles. The largest absolute Gasteiger partial charge is 0.348 e. The Labute approximate surface area is 119 Å². The minimum absolute atomic E-state index is 0.155. The zero-order chi connectivity index (χ0) is 14.2. The Balaban J connectivity index is 1.96. The van der Waals surface area contributed by atoms with E-state index < -0.39 is 0 Å². The second-order valence-corrected chi connectivity index (χ2v) is 4.41. The molecule has 2 aromatic carbocycles. The van der Waals surface area contributed by atoms with Gasteiger partial charge in [0.05, 0.1) is 0 Å². The maximum absolute atomic E-state index is 11.1. The molecule has 0 aliphatic rings. The highest BCUT2D eigenvalue weighted by atomic mass is 16.1. The lowest BCUT2D eigenvalue weighted by Crippen LogP contribution is -2.19. The molecule has 20 heavy (non-hydrogen) atoms. The standard InChI is InChI=1S/C18H17NO/c1-2-18(20)19-14-17-12-10-16(11-13-17)9-8-15-6-4-3-5-7-15/h2-13H,1,14H2,(H,19,20). The fraction of sp³-hybridized carbons (Fsp3) is 0.0556. The van der Waals surface area contributed by atoms with Crippen molar-refractivity contribution in [3.8, 4) is 0 Å². The van der Waals surface area contributed by atoms with Crippen LogP contribution in [0, 0.1) is 0 Å². The van der Waals surface area contributed by atoms with Crippen molar-refractivity contribution in [1.82, 2.24) is 5.32 Å². The van der Waals surface area contributed by atoms with Crippen LogP contribution in [0.5, 0.6) is 0 Å². The van der Waals surface area contributed by atoms with Crippen molar-refractivity contribution < 1.29 is 4.79 Å². The van der Waals surface area contributed by atoms with Gasteiger partial charge in [-0.1, -0.05) is 73.3 Å². The molecule has 0 saturated heterocycles. The zero-order valence-corrected chi connectivity index (χ0v) is 11.3. The summed E-state index contributed by atoms with van der Waals surface area (Å²) in [6, 6.07) is 18.3. The Morgan fingerprint density at radius 3 is 2.15 bits per heavy atom. The van der Waals surface area contributed by atoms with Gasteiger partial charge in [0.2, 0.25) is 5.91 Å². The van der Waals surface area contributed by atoms with Gasteiger partial charge in [-0.25, -0.2) is 0 Å². The summed E-state index contributed by atoms with van der Waals surface area (Å²) < 4.78 is 0. The van der Waals surface area contributed by atoms with Crippen LogP contribution in [0.3, 0.4) is 0 Å². The monoisotopic (exact) mass is 263 g/mol. The number of hydrogen-bond acceptors (Lipinski definition) is 1. The summed E-state index contributed by atoms with van der Waals surface area (Å²) in [5, 5.41) is 2.75. The molecule has 2 aromatic rings. The molecule has 0 spiro atoms. The maximum Gasteiger partial charge on any atom is 0.243 e. The van der Waals surface area contributed by atoms with Crippen LogP contribution in [0.4, 0.5) is 0 Å². The highest BCUT2D eigenvalue weighted by Gasteiger charge is 1.95. The van der Waals surface area contributed by atoms with Gasteiger partial charge in [-0.2, -0.15) is 0 Å². The van der Waals surface area contributed by atoms with E-state index in [9.17, 15) is 4.79 Å². The smallest absolute Gasteiger partial charge is 0.243 e. The first kappa shape index (κ1) is 13.8. The zero-order valence-electron chi connectivity index (χ0n) is 11.3. The molecule has 0 fully saturated rings. The molecule has 0 atom stereocenters. The molecule has 0 aliphatic heterocycles. The molecule has 1 N–H and O–H groups in total. The van der Waals surface area contributed by atoms with Crippen LogP contribution < -0.4 is 5.32 Å². The normalized spacial score (nSPS) is 10.4. The van der Waals surface area contributed by atoms with Gasteiger partial charge in [0, 0.05) is 6.54 Å². The van der Waals surface area contributed by atoms with Gasteiger partial charge in [-0.15, -0.1) is 0 Å². The maximum atomic E-state index is 11.1. The molecule has 100 valence electrons. The molecular formula is C18H17NO. The van der Waals surface area contributed by atoms with Crippen LogP contribution in [0.1, 0.15) is 16.7 Å². The molecule has 1 amide bonds. The Morgan fingerprint density at radius 1 is 0.950 bits per heavy atom. The summed E-state index contributed by atoms with van der Waals surface area (Å²) in [5.74, 6) is -0.155. The van der Waals surface area contributed by atoms with Crippen LogP contribution in [0.25, 0.3) is 12.2 Å². The van der Waals surface area contributed by atoms with E-state index in [1.54, 1.807) is 0 Å². The van der Waals surface area contributed by atoms with E-state index in [2.05, 4.69) is 36.2 Å². The van der Waals surface area contributed by atoms with E-state index in [-0.39, 0.29) is 5.91 Å². The number of rotatable bonds is 5. The van der Waals surface area contributed by atoms with Gasteiger partial charge in [-0.3, -0.25) is 4.79 Å². The van der Waals surface area contributed by atoms with Crippen molar-refractivity contribution in [2.24, 2.45) is 0 Å². The number of amides is 1. The van der Waals surface area contributed by atoms with Gasteiger partial charge >= 0.3 is 0 Å². The minimum atomic E-state index is -0.155. The molecule has 0 aromatic heterocycles. The van der Waals surface area contributed by atoms with E-state index >= 15 is 0 Å². The van der Waals surface area contributed by atoms with Crippen LogP contribution in [-0.4, -0.2) is 5.91 Å². The summed E-state index contributed by atoms with van der Waals surface area (Å²) in [6.45, 7) is 3.94. The summed E-state index contributed by atoms with van der Waals surface area (Å²) in [5.41, 5.74) is 3.37. The summed E-state index contributed by atoms with van der Waals surface area (Å²) in [7, 11) is 0. The molecular weight excluding hydrogens is 246 g/mol. The van der Waals surface area contributed by atoms with Gasteiger partial charge in [0.15, 0.2) is 0 Å². The lowest BCUT2D eigenvalue weighted by molar-refractivity contribution is -0.116. The molecule has 0 heterocycles. The Bertz CT molecular complexity index is 597. The van der Waals surface area contributed by atoms with Crippen molar-refractivity contribution in [3.63, 3.8) is 0 Å². The van der Waals surface area contributed by atoms with E-state index in [1.807, 2.05) is 42.5 Å². The molecule has 0 unspecified atom stereocenters. The first-order valence-corrected chi connectivity index (χ1v) is 6.50. The summed E-state index contributed by atoms with van der Waals surface area (Å²) in [6.07, 6.45) is 5.42. The average molecular weight is 263 g/mol. The van der Waals surface area contributed by atoms with Crippen LogP contribution >= 0.6 is 0 Å². The first-order chi connectivity index (χ1) is 9.78. The lowest BCUT2D eigenvalue weighted by atomic mass is 10.1. The van der Waals surface area contributed by atoms with Gasteiger partial charge in [0.25, 0.3) is 0 Å². The second kappa shape index (κ2) is 7.10. The van der Waals surface area contributed by atoms with Crippen molar-refractivity contribution in [1.29, 1.82) is 0 Å². The van der Waals surface area contributed by atoms with E-state index in [0.717, 1.165) is 11.1 Å². The number of benzene rings is 2. The quantitative estimate of drug-likeness (QED) is 0.647.